The van der Waals surface area contributed by atoms with Gasteiger partial charge in [0.1, 0.15) is 5.52 Å². The van der Waals surface area contributed by atoms with E-state index in [9.17, 15) is 19.2 Å². The summed E-state index contributed by atoms with van der Waals surface area (Å²) in [4.78, 5) is 71.9. The second kappa shape index (κ2) is 19.3. The van der Waals surface area contributed by atoms with E-state index in [1.807, 2.05) is 140 Å². The van der Waals surface area contributed by atoms with Crippen molar-refractivity contribution in [3.63, 3.8) is 0 Å². The van der Waals surface area contributed by atoms with E-state index < -0.39 is 11.8 Å². The maximum atomic E-state index is 12.7. The van der Waals surface area contributed by atoms with Crippen molar-refractivity contribution in [2.45, 2.75) is 42.4 Å². The molecule has 0 bridgehead atoms. The number of rotatable bonds is 6. The largest absolute Gasteiger partial charge is 0.361 e. The first-order valence-corrected chi connectivity index (χ1v) is 21.6. The highest BCUT2D eigenvalue weighted by Gasteiger charge is 2.36. The van der Waals surface area contributed by atoms with Gasteiger partial charge in [-0.1, -0.05) is 119 Å². The first kappa shape index (κ1) is 47.0. The number of aryl methyl sites for hydroxylation is 2. The Balaban J connectivity index is 0.000000156. The Hall–Kier alpha value is -7.95. The van der Waals surface area contributed by atoms with Crippen molar-refractivity contribution in [1.29, 1.82) is 0 Å². The molecule has 4 amide bonds. The lowest BCUT2D eigenvalue weighted by molar-refractivity contribution is -0.122. The van der Waals surface area contributed by atoms with Crippen molar-refractivity contribution >= 4 is 102 Å². The maximum absolute atomic E-state index is 12.7. The van der Waals surface area contributed by atoms with Crippen molar-refractivity contribution in [3.8, 4) is 0 Å². The molecule has 4 N–H and O–H groups in total. The summed E-state index contributed by atoms with van der Waals surface area (Å²) in [6.07, 6.45) is 8.84. The van der Waals surface area contributed by atoms with Crippen LogP contribution in [-0.2, 0) is 30.7 Å². The standard InChI is InChI=1S/C22H16N4O2S.C16H10N4O2.C10H10N2S.3CH4/c1-26-17(12-24-22(26)29-13-7-3-2-4-8-13)19-18(20(27)25-21(19)28)15-11-23-16-10-6-5-9-14(15)16;1-20-6-17-13-12-9(7-4-2-3-5-8(7)18-12)10-11(14(13)20)16(22)19-15(10)21;1-12-8-7-11-10(12)13-9-5-3-2-4-6-9;;;/h2-12,23H,1H3,(H,25,27,28);2-6,18H,1H3,(H,19,21,22);2-8H,1H3;3*1H4. The van der Waals surface area contributed by atoms with E-state index >= 15 is 0 Å². The number of carbonyl (C=O) groups is 4. The van der Waals surface area contributed by atoms with Gasteiger partial charge < -0.3 is 23.7 Å². The van der Waals surface area contributed by atoms with E-state index in [2.05, 4.69) is 47.7 Å². The van der Waals surface area contributed by atoms with Gasteiger partial charge >= 0.3 is 0 Å². The van der Waals surface area contributed by atoms with Crippen LogP contribution in [0.15, 0.2) is 160 Å². The molecule has 0 atom stereocenters. The normalized spacial score (nSPS) is 12.8. The third-order valence-corrected chi connectivity index (χ3v) is 13.1. The van der Waals surface area contributed by atoms with Gasteiger partial charge in [0.25, 0.3) is 23.6 Å². The number of aromatic amines is 2. The zero-order valence-corrected chi connectivity index (χ0v) is 36.0. The third-order valence-electron chi connectivity index (χ3n) is 11.0. The molecule has 12 rings (SSSR count). The van der Waals surface area contributed by atoms with E-state index in [0.29, 0.717) is 44.6 Å². The zero-order chi connectivity index (χ0) is 44.1. The summed E-state index contributed by atoms with van der Waals surface area (Å²) in [6.45, 7) is 0. The topological polar surface area (TPSA) is 177 Å². The molecule has 14 nitrogen and oxygen atoms in total. The van der Waals surface area contributed by atoms with Crippen LogP contribution in [0.25, 0.3) is 54.9 Å². The highest BCUT2D eigenvalue weighted by molar-refractivity contribution is 7.99. The number of nitrogens with zero attached hydrogens (tertiary/aromatic N) is 6. The predicted molar refractivity (Wildman–Crippen MR) is 268 cm³/mol. The molecule has 0 aliphatic carbocycles. The lowest BCUT2D eigenvalue weighted by atomic mass is 9.99. The van der Waals surface area contributed by atoms with Crippen molar-refractivity contribution in [2.75, 3.05) is 0 Å². The molecule has 7 heterocycles. The maximum Gasteiger partial charge on any atom is 0.261 e. The molecular weight excluding hydrogens is 881 g/mol. The third kappa shape index (κ3) is 8.43. The van der Waals surface area contributed by atoms with Crippen molar-refractivity contribution in [1.82, 2.24) is 49.3 Å². The monoisotopic (exact) mass is 928 g/mol. The number of imidazole rings is 3. The number of aromatic nitrogens is 8. The highest BCUT2D eigenvalue weighted by Crippen LogP contribution is 2.39. The zero-order valence-electron chi connectivity index (χ0n) is 34.4. The number of H-pyrrole nitrogens is 2. The number of hydrogen-bond acceptors (Lipinski definition) is 9. The SMILES string of the molecule is C.C.C.Cn1c(C2=C(c3c[nH]c4ccccc34)C(=O)NC2=O)cnc1Sc1ccccc1.Cn1ccnc1Sc1ccccc1.Cn1cnc2c3[nH]c4ccccc4c3c3c(c21)C(=O)NC3=O. The molecule has 0 saturated heterocycles. The summed E-state index contributed by atoms with van der Waals surface area (Å²) in [5, 5.41) is 9.19. The Morgan fingerprint density at radius 2 is 1.15 bits per heavy atom. The molecule has 0 spiro atoms. The smallest absolute Gasteiger partial charge is 0.261 e. The number of imide groups is 2. The summed E-state index contributed by atoms with van der Waals surface area (Å²) < 4.78 is 5.63. The van der Waals surface area contributed by atoms with Crippen LogP contribution < -0.4 is 10.6 Å². The molecular formula is C51H48N10O4S2. The minimum atomic E-state index is -0.408. The van der Waals surface area contributed by atoms with Crippen molar-refractivity contribution < 1.29 is 19.2 Å². The molecule has 0 fully saturated rings. The quantitative estimate of drug-likeness (QED) is 0.118. The number of benzene rings is 5. The Bertz CT molecular complexity index is 3530. The highest BCUT2D eigenvalue weighted by atomic mass is 32.2. The average Bonchev–Trinajstić information content (AvgIpc) is 4.19. The number of nitrogens with one attached hydrogen (secondary N) is 4. The van der Waals surface area contributed by atoms with Crippen LogP contribution in [0.5, 0.6) is 0 Å². The molecule has 5 aromatic heterocycles. The van der Waals surface area contributed by atoms with Gasteiger partial charge in [-0.05, 0) is 36.4 Å². The Labute approximate surface area is 394 Å². The van der Waals surface area contributed by atoms with E-state index in [-0.39, 0.29) is 34.1 Å². The van der Waals surface area contributed by atoms with Gasteiger partial charge in [-0.2, -0.15) is 0 Å². The predicted octanol–water partition coefficient (Wildman–Crippen LogP) is 10.2. The van der Waals surface area contributed by atoms with Crippen LogP contribution in [-0.4, -0.2) is 62.2 Å². The van der Waals surface area contributed by atoms with Crippen LogP contribution in [0, 0.1) is 0 Å². The van der Waals surface area contributed by atoms with E-state index in [1.165, 1.54) is 16.7 Å². The fourth-order valence-corrected chi connectivity index (χ4v) is 9.67. The summed E-state index contributed by atoms with van der Waals surface area (Å²) in [5.41, 5.74) is 6.88. The molecule has 0 radical (unpaired) electrons. The van der Waals surface area contributed by atoms with Gasteiger partial charge in [-0.25, -0.2) is 15.0 Å². The number of carbonyl (C=O) groups excluding carboxylic acids is 4. The summed E-state index contributed by atoms with van der Waals surface area (Å²) in [5.74, 6) is -1.51. The van der Waals surface area contributed by atoms with Crippen molar-refractivity contribution in [2.24, 2.45) is 21.1 Å². The minimum Gasteiger partial charge on any atom is -0.361 e. The first-order valence-electron chi connectivity index (χ1n) is 20.0. The molecule has 10 aromatic rings. The van der Waals surface area contributed by atoms with Crippen LogP contribution >= 0.6 is 23.5 Å². The fourth-order valence-electron chi connectivity index (χ4n) is 8.00. The lowest BCUT2D eigenvalue weighted by Gasteiger charge is -2.07. The van der Waals surface area contributed by atoms with E-state index in [1.54, 1.807) is 35.0 Å². The van der Waals surface area contributed by atoms with Gasteiger partial charge in [-0.15, -0.1) is 0 Å². The van der Waals surface area contributed by atoms with E-state index in [0.717, 1.165) is 47.9 Å². The molecule has 0 saturated carbocycles. The van der Waals surface area contributed by atoms with Gasteiger partial charge in [0.15, 0.2) is 10.3 Å². The van der Waals surface area contributed by atoms with Crippen LogP contribution in [0.3, 0.4) is 0 Å². The fraction of sp³-hybridized carbons (Fsp3) is 0.118. The number of fused-ring (bicyclic) bond motifs is 9. The number of para-hydroxylation sites is 2. The Morgan fingerprint density at radius 1 is 0.567 bits per heavy atom. The summed E-state index contributed by atoms with van der Waals surface area (Å²) in [7, 11) is 5.67. The molecule has 16 heteroatoms. The van der Waals surface area contributed by atoms with Crippen LogP contribution in [0.1, 0.15) is 54.3 Å². The van der Waals surface area contributed by atoms with Gasteiger partial charge in [0, 0.05) is 82.3 Å². The minimum absolute atomic E-state index is 0. The van der Waals surface area contributed by atoms with Crippen LogP contribution in [0.4, 0.5) is 0 Å². The Kier molecular flexibility index (Phi) is 13.5. The second-order valence-electron chi connectivity index (χ2n) is 14.9. The molecule has 2 aliphatic rings. The second-order valence-corrected chi connectivity index (χ2v) is 17.0. The number of amides is 4. The molecule has 338 valence electrons. The molecule has 0 unspecified atom stereocenters. The van der Waals surface area contributed by atoms with Gasteiger partial charge in [-0.3, -0.25) is 29.8 Å². The van der Waals surface area contributed by atoms with Gasteiger partial charge in [0.2, 0.25) is 0 Å². The van der Waals surface area contributed by atoms with E-state index in [4.69, 9.17) is 0 Å². The number of hydrogen-bond donors (Lipinski definition) is 4. The molecule has 2 aliphatic heterocycles. The molecule has 67 heavy (non-hydrogen) atoms. The summed E-state index contributed by atoms with van der Waals surface area (Å²) >= 11 is 3.18. The van der Waals surface area contributed by atoms with Crippen LogP contribution in [0.2, 0.25) is 0 Å². The lowest BCUT2D eigenvalue weighted by Crippen LogP contribution is -2.23. The Morgan fingerprint density at radius 3 is 1.82 bits per heavy atom. The summed E-state index contributed by atoms with van der Waals surface area (Å²) in [6, 6.07) is 35.6. The molecule has 5 aromatic carbocycles. The van der Waals surface area contributed by atoms with Crippen molar-refractivity contribution in [3.05, 3.63) is 163 Å². The van der Waals surface area contributed by atoms with Gasteiger partial charge in [0.05, 0.1) is 51.5 Å². The average molecular weight is 929 g/mol. The first-order chi connectivity index (χ1) is 31.2.